The minimum Gasteiger partial charge on any atom is -0.475 e. The topological polar surface area (TPSA) is 125 Å². The Kier molecular flexibility index (Phi) is 7.89. The number of amides is 2. The van der Waals surface area contributed by atoms with Crippen LogP contribution >= 0.6 is 0 Å². The van der Waals surface area contributed by atoms with Gasteiger partial charge in [0.2, 0.25) is 11.9 Å². The SMILES string of the molecule is O=C(Nc1ccccc1)c1ccc2c(c1)C(C1CCN(c3ncccn3)CC1)C(=O)N2.O=C(O)C(F)(F)F. The number of hydrogen-bond acceptors (Lipinski definition) is 6. The van der Waals surface area contributed by atoms with Crippen LogP contribution in [0.5, 0.6) is 0 Å². The molecule has 3 aromatic rings. The van der Waals surface area contributed by atoms with E-state index in [1.165, 1.54) is 0 Å². The summed E-state index contributed by atoms with van der Waals surface area (Å²) in [6.07, 6.45) is 0.153. The van der Waals surface area contributed by atoms with Gasteiger partial charge in [0.05, 0.1) is 5.92 Å². The van der Waals surface area contributed by atoms with Crippen molar-refractivity contribution in [1.82, 2.24) is 9.97 Å². The van der Waals surface area contributed by atoms with Crippen molar-refractivity contribution in [2.75, 3.05) is 28.6 Å². The number of carbonyl (C=O) groups is 3. The molecule has 1 fully saturated rings. The highest BCUT2D eigenvalue weighted by Gasteiger charge is 2.39. The molecule has 3 N–H and O–H groups in total. The number of halogens is 3. The summed E-state index contributed by atoms with van der Waals surface area (Å²) in [5, 5.41) is 13.0. The number of aromatic nitrogens is 2. The van der Waals surface area contributed by atoms with Crippen LogP contribution in [-0.4, -0.2) is 52.1 Å². The molecule has 198 valence electrons. The van der Waals surface area contributed by atoms with Gasteiger partial charge in [-0.3, -0.25) is 9.59 Å². The smallest absolute Gasteiger partial charge is 0.475 e. The predicted molar refractivity (Wildman–Crippen MR) is 133 cm³/mol. The third-order valence-corrected chi connectivity index (χ3v) is 6.31. The van der Waals surface area contributed by atoms with Crippen LogP contribution in [0.2, 0.25) is 0 Å². The van der Waals surface area contributed by atoms with Crippen molar-refractivity contribution >= 4 is 35.1 Å². The highest BCUT2D eigenvalue weighted by Crippen LogP contribution is 2.42. The van der Waals surface area contributed by atoms with Crippen molar-refractivity contribution in [3.63, 3.8) is 0 Å². The van der Waals surface area contributed by atoms with E-state index >= 15 is 0 Å². The number of nitrogens with zero attached hydrogens (tertiary/aromatic N) is 3. The van der Waals surface area contributed by atoms with Crippen molar-refractivity contribution in [2.24, 2.45) is 5.92 Å². The van der Waals surface area contributed by atoms with Gasteiger partial charge in [-0.05, 0) is 60.7 Å². The van der Waals surface area contributed by atoms with Crippen molar-refractivity contribution in [2.45, 2.75) is 24.9 Å². The molecule has 1 aromatic heterocycles. The molecule has 0 saturated carbocycles. The molecule has 2 amide bonds. The van der Waals surface area contributed by atoms with Gasteiger partial charge in [-0.15, -0.1) is 0 Å². The number of anilines is 3. The summed E-state index contributed by atoms with van der Waals surface area (Å²) in [6.45, 7) is 1.62. The van der Waals surface area contributed by atoms with E-state index in [1.807, 2.05) is 48.5 Å². The summed E-state index contributed by atoms with van der Waals surface area (Å²) in [6, 6.07) is 16.6. The number of fused-ring (bicyclic) bond motifs is 1. The summed E-state index contributed by atoms with van der Waals surface area (Å²) in [4.78, 5) is 45.3. The Hall–Kier alpha value is -4.48. The number of rotatable bonds is 4. The number of benzene rings is 2. The molecule has 0 bridgehead atoms. The van der Waals surface area contributed by atoms with Crippen LogP contribution < -0.4 is 15.5 Å². The molecule has 0 aliphatic carbocycles. The Morgan fingerprint density at radius 1 is 1.00 bits per heavy atom. The Morgan fingerprint density at radius 3 is 2.24 bits per heavy atom. The zero-order valence-electron chi connectivity index (χ0n) is 20.0. The van der Waals surface area contributed by atoms with Crippen LogP contribution in [0.4, 0.5) is 30.5 Å². The molecule has 1 atom stereocenters. The molecule has 3 heterocycles. The van der Waals surface area contributed by atoms with E-state index in [9.17, 15) is 22.8 Å². The maximum absolute atomic E-state index is 12.8. The normalized spacial score (nSPS) is 17.1. The standard InChI is InChI=1S/C24H23N5O2.C2HF3O2/c30-22(27-18-5-2-1-3-6-18)17-7-8-20-19(15-17)21(23(31)28-20)16-9-13-29(14-10-16)24-25-11-4-12-26-24;3-2(4,5)1(6)7/h1-8,11-12,15-16,21H,9-10,13-14H2,(H,27,30)(H,28,31);(H,6,7). The van der Waals surface area contributed by atoms with Crippen LogP contribution in [-0.2, 0) is 9.59 Å². The summed E-state index contributed by atoms with van der Waals surface area (Å²) in [7, 11) is 0. The van der Waals surface area contributed by atoms with E-state index < -0.39 is 12.1 Å². The predicted octanol–water partition coefficient (Wildman–Crippen LogP) is 4.31. The van der Waals surface area contributed by atoms with Crippen molar-refractivity contribution < 1.29 is 32.7 Å². The van der Waals surface area contributed by atoms with Gasteiger partial charge in [-0.2, -0.15) is 13.2 Å². The summed E-state index contributed by atoms with van der Waals surface area (Å²) in [5.41, 5.74) is 3.02. The number of piperidine rings is 1. The van der Waals surface area contributed by atoms with Gasteiger partial charge in [0.1, 0.15) is 0 Å². The van der Waals surface area contributed by atoms with E-state index in [4.69, 9.17) is 9.90 Å². The lowest BCUT2D eigenvalue weighted by Gasteiger charge is -2.34. The second kappa shape index (κ2) is 11.3. The fourth-order valence-corrected chi connectivity index (χ4v) is 4.51. The van der Waals surface area contributed by atoms with Gasteiger partial charge >= 0.3 is 12.1 Å². The second-order valence-corrected chi connectivity index (χ2v) is 8.77. The first-order chi connectivity index (χ1) is 18.1. The number of carbonyl (C=O) groups excluding carboxylic acids is 2. The molecular formula is C26H24F3N5O4. The summed E-state index contributed by atoms with van der Waals surface area (Å²) >= 11 is 0. The highest BCUT2D eigenvalue weighted by molar-refractivity contribution is 6.07. The molecule has 9 nitrogen and oxygen atoms in total. The molecule has 12 heteroatoms. The fraction of sp³-hybridized carbons (Fsp3) is 0.269. The zero-order valence-corrected chi connectivity index (χ0v) is 20.0. The molecule has 0 spiro atoms. The number of nitrogens with one attached hydrogen (secondary N) is 2. The maximum atomic E-state index is 12.8. The van der Waals surface area contributed by atoms with Gasteiger partial charge in [0.15, 0.2) is 0 Å². The van der Waals surface area contributed by atoms with Gasteiger partial charge in [-0.25, -0.2) is 14.8 Å². The van der Waals surface area contributed by atoms with Crippen LogP contribution in [0.3, 0.4) is 0 Å². The second-order valence-electron chi connectivity index (χ2n) is 8.77. The minimum atomic E-state index is -5.08. The third-order valence-electron chi connectivity index (χ3n) is 6.31. The number of carboxylic acid groups (broad SMARTS) is 1. The number of alkyl halides is 3. The van der Waals surface area contributed by atoms with Gasteiger partial charge < -0.3 is 20.6 Å². The Balaban J connectivity index is 0.000000426. The largest absolute Gasteiger partial charge is 0.490 e. The van der Waals surface area contributed by atoms with Gasteiger partial charge in [0, 0.05) is 42.4 Å². The Labute approximate surface area is 215 Å². The van der Waals surface area contributed by atoms with E-state index in [2.05, 4.69) is 25.5 Å². The van der Waals surface area contributed by atoms with Crippen molar-refractivity contribution in [1.29, 1.82) is 0 Å². The highest BCUT2D eigenvalue weighted by atomic mass is 19.4. The van der Waals surface area contributed by atoms with Crippen LogP contribution in [0.15, 0.2) is 67.0 Å². The molecule has 2 aliphatic heterocycles. The molecule has 5 rings (SSSR count). The zero-order chi connectivity index (χ0) is 27.3. The monoisotopic (exact) mass is 527 g/mol. The van der Waals surface area contributed by atoms with E-state index in [0.717, 1.165) is 48.8 Å². The first-order valence-electron chi connectivity index (χ1n) is 11.8. The lowest BCUT2D eigenvalue weighted by molar-refractivity contribution is -0.192. The fourth-order valence-electron chi connectivity index (χ4n) is 4.51. The quantitative estimate of drug-likeness (QED) is 0.462. The maximum Gasteiger partial charge on any atom is 0.490 e. The molecule has 2 aliphatic rings. The first kappa shape index (κ1) is 26.6. The van der Waals surface area contributed by atoms with Crippen molar-refractivity contribution in [3.8, 4) is 0 Å². The Bertz CT molecular complexity index is 1300. The third kappa shape index (κ3) is 6.25. The lowest BCUT2D eigenvalue weighted by atomic mass is 9.80. The van der Waals surface area contributed by atoms with Gasteiger partial charge in [-0.1, -0.05) is 18.2 Å². The van der Waals surface area contributed by atoms with E-state index in [1.54, 1.807) is 18.5 Å². The average molecular weight is 528 g/mol. The number of carboxylic acids is 1. The lowest BCUT2D eigenvalue weighted by Crippen LogP contribution is -2.37. The van der Waals surface area contributed by atoms with Crippen LogP contribution in [0, 0.1) is 5.92 Å². The summed E-state index contributed by atoms with van der Waals surface area (Å²) < 4.78 is 31.7. The molecule has 1 unspecified atom stereocenters. The van der Waals surface area contributed by atoms with Crippen molar-refractivity contribution in [3.05, 3.63) is 78.1 Å². The minimum absolute atomic E-state index is 0.0185. The number of para-hydroxylation sites is 1. The molecule has 1 saturated heterocycles. The Morgan fingerprint density at radius 2 is 1.63 bits per heavy atom. The van der Waals surface area contributed by atoms with Crippen LogP contribution in [0.25, 0.3) is 0 Å². The molecule has 2 aromatic carbocycles. The van der Waals surface area contributed by atoms with Crippen LogP contribution in [0.1, 0.15) is 34.7 Å². The summed E-state index contributed by atoms with van der Waals surface area (Å²) in [5.74, 6) is -2.20. The molecule has 38 heavy (non-hydrogen) atoms. The molecular weight excluding hydrogens is 503 g/mol. The number of hydrogen-bond donors (Lipinski definition) is 3. The number of aliphatic carboxylic acids is 1. The average Bonchev–Trinajstić information content (AvgIpc) is 3.24. The van der Waals surface area contributed by atoms with E-state index in [0.29, 0.717) is 5.56 Å². The molecule has 0 radical (unpaired) electrons. The van der Waals surface area contributed by atoms with Gasteiger partial charge in [0.25, 0.3) is 5.91 Å². The van der Waals surface area contributed by atoms with E-state index in [-0.39, 0.29) is 23.7 Å². The first-order valence-corrected chi connectivity index (χ1v) is 11.8.